The number of halogens is 1. The van der Waals surface area contributed by atoms with Crippen molar-refractivity contribution in [3.63, 3.8) is 0 Å². The lowest BCUT2D eigenvalue weighted by Crippen LogP contribution is -2.04. The molecule has 1 aromatic carbocycles. The van der Waals surface area contributed by atoms with E-state index in [1.165, 1.54) is 6.07 Å². The standard InChI is InChI=1S/C12H16FNO2/c1-9-5-6-11(10(13)8-9)14-7-3-2-4-12(15)16/h5-6,8,14H,2-4,7H2,1H3,(H,15,16). The van der Waals surface area contributed by atoms with Crippen molar-refractivity contribution in [2.75, 3.05) is 11.9 Å². The smallest absolute Gasteiger partial charge is 0.303 e. The summed E-state index contributed by atoms with van der Waals surface area (Å²) in [6.45, 7) is 2.42. The topological polar surface area (TPSA) is 49.3 Å². The molecule has 0 fully saturated rings. The van der Waals surface area contributed by atoms with Gasteiger partial charge >= 0.3 is 5.97 Å². The fourth-order valence-corrected chi connectivity index (χ4v) is 1.39. The van der Waals surface area contributed by atoms with Gasteiger partial charge in [-0.3, -0.25) is 4.79 Å². The third-order valence-corrected chi connectivity index (χ3v) is 2.26. The molecule has 2 N–H and O–H groups in total. The van der Waals surface area contributed by atoms with Crippen LogP contribution in [-0.2, 0) is 4.79 Å². The first kappa shape index (κ1) is 12.5. The van der Waals surface area contributed by atoms with Gasteiger partial charge in [-0.25, -0.2) is 4.39 Å². The van der Waals surface area contributed by atoms with Crippen molar-refractivity contribution in [1.82, 2.24) is 0 Å². The maximum absolute atomic E-state index is 13.3. The lowest BCUT2D eigenvalue weighted by Gasteiger charge is -2.07. The second kappa shape index (κ2) is 6.10. The van der Waals surface area contributed by atoms with E-state index in [1.54, 1.807) is 6.07 Å². The molecular formula is C12H16FNO2. The zero-order valence-corrected chi connectivity index (χ0v) is 9.29. The van der Waals surface area contributed by atoms with Crippen molar-refractivity contribution < 1.29 is 14.3 Å². The predicted octanol–water partition coefficient (Wildman–Crippen LogP) is 2.80. The van der Waals surface area contributed by atoms with Gasteiger partial charge in [0.2, 0.25) is 0 Å². The number of anilines is 1. The molecular weight excluding hydrogens is 209 g/mol. The Morgan fingerprint density at radius 2 is 2.19 bits per heavy atom. The van der Waals surface area contributed by atoms with Crippen LogP contribution in [0.15, 0.2) is 18.2 Å². The Hall–Kier alpha value is -1.58. The minimum atomic E-state index is -0.790. The molecule has 0 atom stereocenters. The molecule has 0 saturated heterocycles. The quantitative estimate of drug-likeness (QED) is 0.732. The molecule has 0 bridgehead atoms. The highest BCUT2D eigenvalue weighted by Gasteiger charge is 2.01. The zero-order chi connectivity index (χ0) is 12.0. The fourth-order valence-electron chi connectivity index (χ4n) is 1.39. The summed E-state index contributed by atoms with van der Waals surface area (Å²) in [7, 11) is 0. The van der Waals surface area contributed by atoms with Gasteiger partial charge in [0.25, 0.3) is 0 Å². The molecule has 3 nitrogen and oxygen atoms in total. The van der Waals surface area contributed by atoms with Crippen LogP contribution in [0.4, 0.5) is 10.1 Å². The summed E-state index contributed by atoms with van der Waals surface area (Å²) in [5.41, 5.74) is 1.36. The minimum Gasteiger partial charge on any atom is -0.481 e. The number of nitrogens with one attached hydrogen (secondary N) is 1. The Bertz CT molecular complexity index is 366. The van der Waals surface area contributed by atoms with Gasteiger partial charge in [0.1, 0.15) is 5.82 Å². The van der Waals surface area contributed by atoms with Gasteiger partial charge < -0.3 is 10.4 Å². The Morgan fingerprint density at radius 1 is 1.44 bits per heavy atom. The van der Waals surface area contributed by atoms with E-state index in [0.29, 0.717) is 18.7 Å². The van der Waals surface area contributed by atoms with Gasteiger partial charge in [-0.1, -0.05) is 6.07 Å². The molecule has 1 rings (SSSR count). The summed E-state index contributed by atoms with van der Waals surface area (Å²) < 4.78 is 13.3. The van der Waals surface area contributed by atoms with Crippen LogP contribution >= 0.6 is 0 Å². The lowest BCUT2D eigenvalue weighted by atomic mass is 10.2. The molecule has 16 heavy (non-hydrogen) atoms. The Labute approximate surface area is 94.3 Å². The average Bonchev–Trinajstić information content (AvgIpc) is 2.20. The molecule has 0 aliphatic rings. The van der Waals surface area contributed by atoms with Crippen molar-refractivity contribution in [3.8, 4) is 0 Å². The Kier molecular flexibility index (Phi) is 4.76. The van der Waals surface area contributed by atoms with Gasteiger partial charge in [0.15, 0.2) is 0 Å². The fraction of sp³-hybridized carbons (Fsp3) is 0.417. The number of rotatable bonds is 6. The van der Waals surface area contributed by atoms with E-state index < -0.39 is 5.97 Å². The first-order chi connectivity index (χ1) is 7.59. The average molecular weight is 225 g/mol. The molecule has 4 heteroatoms. The number of carboxylic acids is 1. The Morgan fingerprint density at radius 3 is 2.81 bits per heavy atom. The molecule has 0 saturated carbocycles. The minimum absolute atomic E-state index is 0.165. The van der Waals surface area contributed by atoms with Gasteiger partial charge in [-0.2, -0.15) is 0 Å². The number of carboxylic acid groups (broad SMARTS) is 1. The number of aliphatic carboxylic acids is 1. The van der Waals surface area contributed by atoms with E-state index in [4.69, 9.17) is 5.11 Å². The van der Waals surface area contributed by atoms with E-state index in [1.807, 2.05) is 13.0 Å². The van der Waals surface area contributed by atoms with Crippen LogP contribution in [0.1, 0.15) is 24.8 Å². The summed E-state index contributed by atoms with van der Waals surface area (Å²) >= 11 is 0. The van der Waals surface area contributed by atoms with E-state index in [0.717, 1.165) is 12.0 Å². The van der Waals surface area contributed by atoms with Crippen LogP contribution in [0, 0.1) is 12.7 Å². The van der Waals surface area contributed by atoms with Crippen molar-refractivity contribution in [2.24, 2.45) is 0 Å². The number of hydrogen-bond acceptors (Lipinski definition) is 2. The highest BCUT2D eigenvalue weighted by atomic mass is 19.1. The van der Waals surface area contributed by atoms with E-state index in [2.05, 4.69) is 5.32 Å². The van der Waals surface area contributed by atoms with Crippen LogP contribution in [0.3, 0.4) is 0 Å². The van der Waals surface area contributed by atoms with Gasteiger partial charge in [0.05, 0.1) is 5.69 Å². The van der Waals surface area contributed by atoms with E-state index in [9.17, 15) is 9.18 Å². The molecule has 0 aromatic heterocycles. The predicted molar refractivity (Wildman–Crippen MR) is 61.1 cm³/mol. The molecule has 0 spiro atoms. The highest BCUT2D eigenvalue weighted by Crippen LogP contribution is 2.15. The number of hydrogen-bond donors (Lipinski definition) is 2. The molecule has 0 aliphatic heterocycles. The van der Waals surface area contributed by atoms with Crippen molar-refractivity contribution in [1.29, 1.82) is 0 Å². The molecule has 1 aromatic rings. The molecule has 88 valence electrons. The van der Waals surface area contributed by atoms with Crippen LogP contribution in [0.25, 0.3) is 0 Å². The van der Waals surface area contributed by atoms with Crippen LogP contribution in [0.2, 0.25) is 0 Å². The van der Waals surface area contributed by atoms with Crippen LogP contribution in [-0.4, -0.2) is 17.6 Å². The molecule has 0 aliphatic carbocycles. The van der Waals surface area contributed by atoms with Crippen molar-refractivity contribution in [2.45, 2.75) is 26.2 Å². The maximum atomic E-state index is 13.3. The summed E-state index contributed by atoms with van der Waals surface area (Å²) in [4.78, 5) is 10.2. The largest absolute Gasteiger partial charge is 0.481 e. The van der Waals surface area contributed by atoms with E-state index in [-0.39, 0.29) is 12.2 Å². The number of carbonyl (C=O) groups is 1. The highest BCUT2D eigenvalue weighted by molar-refractivity contribution is 5.66. The SMILES string of the molecule is Cc1ccc(NCCCCC(=O)O)c(F)c1. The van der Waals surface area contributed by atoms with Crippen molar-refractivity contribution >= 4 is 11.7 Å². The molecule has 0 heterocycles. The molecule has 0 unspecified atom stereocenters. The second-order valence-corrected chi connectivity index (χ2v) is 3.76. The van der Waals surface area contributed by atoms with Crippen molar-refractivity contribution in [3.05, 3.63) is 29.6 Å². The number of unbranched alkanes of at least 4 members (excludes halogenated alkanes) is 1. The van der Waals surface area contributed by atoms with Crippen LogP contribution < -0.4 is 5.32 Å². The first-order valence-corrected chi connectivity index (χ1v) is 5.31. The van der Waals surface area contributed by atoms with Gasteiger partial charge in [-0.15, -0.1) is 0 Å². The normalized spacial score (nSPS) is 10.1. The Balaban J connectivity index is 2.29. The zero-order valence-electron chi connectivity index (χ0n) is 9.29. The molecule has 0 radical (unpaired) electrons. The van der Waals surface area contributed by atoms with Gasteiger partial charge in [-0.05, 0) is 37.5 Å². The number of aryl methyl sites for hydroxylation is 1. The monoisotopic (exact) mass is 225 g/mol. The summed E-state index contributed by atoms with van der Waals surface area (Å²) in [6.07, 6.45) is 1.49. The second-order valence-electron chi connectivity index (χ2n) is 3.76. The third kappa shape index (κ3) is 4.29. The van der Waals surface area contributed by atoms with Crippen LogP contribution in [0.5, 0.6) is 0 Å². The maximum Gasteiger partial charge on any atom is 0.303 e. The number of benzene rings is 1. The van der Waals surface area contributed by atoms with Gasteiger partial charge in [0, 0.05) is 13.0 Å². The summed E-state index contributed by atoms with van der Waals surface area (Å²) in [5.74, 6) is -1.06. The molecule has 0 amide bonds. The third-order valence-electron chi connectivity index (χ3n) is 2.26. The lowest BCUT2D eigenvalue weighted by molar-refractivity contribution is -0.137. The summed E-state index contributed by atoms with van der Waals surface area (Å²) in [6, 6.07) is 5.00. The first-order valence-electron chi connectivity index (χ1n) is 5.31. The van der Waals surface area contributed by atoms with E-state index >= 15 is 0 Å². The summed E-state index contributed by atoms with van der Waals surface area (Å²) in [5, 5.41) is 11.4.